The van der Waals surface area contributed by atoms with Gasteiger partial charge in [-0.3, -0.25) is 4.79 Å². The van der Waals surface area contributed by atoms with Crippen molar-refractivity contribution in [2.45, 2.75) is 25.1 Å². The highest BCUT2D eigenvalue weighted by Gasteiger charge is 2.50. The number of hydrogen-bond acceptors (Lipinski definition) is 3. The number of amides is 1. The molecule has 2 atom stereocenters. The molecule has 2 aromatic rings. The molecule has 8 heteroatoms. The largest absolute Gasteiger partial charge is 0.409 e. The van der Waals surface area contributed by atoms with E-state index in [1.165, 1.54) is 0 Å². The van der Waals surface area contributed by atoms with Gasteiger partial charge in [-0.1, -0.05) is 6.58 Å². The molecule has 0 radical (unpaired) electrons. The Morgan fingerprint density at radius 3 is 3.00 bits per heavy atom. The fourth-order valence-electron chi connectivity index (χ4n) is 3.45. The molecule has 3 rings (SSSR count). The molecule has 2 aromatic heterocycles. The number of aromatic nitrogens is 2. The van der Waals surface area contributed by atoms with Crippen molar-refractivity contribution in [1.82, 2.24) is 14.9 Å². The van der Waals surface area contributed by atoms with E-state index in [2.05, 4.69) is 21.9 Å². The van der Waals surface area contributed by atoms with Gasteiger partial charge in [0.2, 0.25) is 5.91 Å². The van der Waals surface area contributed by atoms with Gasteiger partial charge in [-0.2, -0.15) is 13.2 Å². The van der Waals surface area contributed by atoms with Crippen LogP contribution in [0.2, 0.25) is 0 Å². The number of carbonyl (C=O) groups excluding carboxylic acids is 1. The maximum absolute atomic E-state index is 13.6. The number of rotatable bonds is 4. The Labute approximate surface area is 142 Å². The SMILES string of the molecule is C=CC(=O)N1CCCC(CNc2ccnc3[nH]ccc23)C1C(F)(F)F. The van der Waals surface area contributed by atoms with Crippen LogP contribution in [-0.2, 0) is 4.79 Å². The van der Waals surface area contributed by atoms with Crippen molar-refractivity contribution in [3.63, 3.8) is 0 Å². The number of nitrogens with one attached hydrogen (secondary N) is 2. The predicted molar refractivity (Wildman–Crippen MR) is 89.1 cm³/mol. The molecule has 1 aliphatic heterocycles. The van der Waals surface area contributed by atoms with E-state index in [0.29, 0.717) is 18.5 Å². The van der Waals surface area contributed by atoms with E-state index in [1.54, 1.807) is 18.5 Å². The molecule has 2 unspecified atom stereocenters. The fourth-order valence-corrected chi connectivity index (χ4v) is 3.45. The number of alkyl halides is 3. The molecular weight excluding hydrogens is 333 g/mol. The third kappa shape index (κ3) is 3.47. The molecule has 0 aromatic carbocycles. The van der Waals surface area contributed by atoms with E-state index in [9.17, 15) is 18.0 Å². The van der Waals surface area contributed by atoms with Gasteiger partial charge in [0.1, 0.15) is 11.7 Å². The van der Waals surface area contributed by atoms with Crippen LogP contribution in [0.3, 0.4) is 0 Å². The number of nitrogens with zero attached hydrogens (tertiary/aromatic N) is 2. The van der Waals surface area contributed by atoms with E-state index >= 15 is 0 Å². The van der Waals surface area contributed by atoms with Crippen LogP contribution >= 0.6 is 0 Å². The predicted octanol–water partition coefficient (Wildman–Crippen LogP) is 3.33. The molecule has 25 heavy (non-hydrogen) atoms. The highest BCUT2D eigenvalue weighted by atomic mass is 19.4. The summed E-state index contributed by atoms with van der Waals surface area (Å²) in [6.45, 7) is 3.54. The second-order valence-corrected chi connectivity index (χ2v) is 6.10. The maximum atomic E-state index is 13.6. The van der Waals surface area contributed by atoms with Crippen LogP contribution in [0.5, 0.6) is 0 Å². The van der Waals surface area contributed by atoms with Gasteiger partial charge < -0.3 is 15.2 Å². The number of halogens is 3. The summed E-state index contributed by atoms with van der Waals surface area (Å²) in [4.78, 5) is 19.9. The first kappa shape index (κ1) is 17.3. The second-order valence-electron chi connectivity index (χ2n) is 6.10. The summed E-state index contributed by atoms with van der Waals surface area (Å²) in [6.07, 6.45) is 0.727. The van der Waals surface area contributed by atoms with Gasteiger partial charge in [0.15, 0.2) is 0 Å². The molecule has 0 saturated carbocycles. The van der Waals surface area contributed by atoms with Crippen molar-refractivity contribution in [3.8, 4) is 0 Å². The highest BCUT2D eigenvalue weighted by molar-refractivity contribution is 5.89. The summed E-state index contributed by atoms with van der Waals surface area (Å²) < 4.78 is 40.8. The Hall–Kier alpha value is -2.51. The number of carbonyl (C=O) groups is 1. The highest BCUT2D eigenvalue weighted by Crippen LogP contribution is 2.36. The number of anilines is 1. The molecule has 0 bridgehead atoms. The first-order valence-corrected chi connectivity index (χ1v) is 8.07. The van der Waals surface area contributed by atoms with E-state index < -0.39 is 24.0 Å². The zero-order valence-corrected chi connectivity index (χ0v) is 13.5. The Kier molecular flexibility index (Phi) is 4.69. The standard InChI is InChI=1S/C17H19F3N4O/c1-2-14(25)24-9-3-4-11(15(24)17(18,19)20)10-23-13-6-8-22-16-12(13)5-7-21-16/h2,5-8,11,15H,1,3-4,9-10H2,(H2,21,22,23). The Balaban J connectivity index is 1.80. The molecule has 1 amide bonds. The molecule has 134 valence electrons. The van der Waals surface area contributed by atoms with Gasteiger partial charge in [-0.15, -0.1) is 0 Å². The van der Waals surface area contributed by atoms with Crippen molar-refractivity contribution in [2.75, 3.05) is 18.4 Å². The first-order chi connectivity index (χ1) is 11.9. The summed E-state index contributed by atoms with van der Waals surface area (Å²) >= 11 is 0. The first-order valence-electron chi connectivity index (χ1n) is 8.07. The van der Waals surface area contributed by atoms with E-state index in [1.807, 2.05) is 6.07 Å². The third-order valence-electron chi connectivity index (χ3n) is 4.56. The minimum atomic E-state index is -4.48. The fraction of sp³-hybridized carbons (Fsp3) is 0.412. The summed E-state index contributed by atoms with van der Waals surface area (Å²) in [5.74, 6) is -1.40. The van der Waals surface area contributed by atoms with E-state index in [0.717, 1.165) is 22.0 Å². The molecule has 1 saturated heterocycles. The Bertz CT molecular complexity index is 771. The van der Waals surface area contributed by atoms with Crippen molar-refractivity contribution >= 4 is 22.6 Å². The zero-order valence-electron chi connectivity index (χ0n) is 13.5. The third-order valence-corrected chi connectivity index (χ3v) is 4.56. The quantitative estimate of drug-likeness (QED) is 0.830. The average molecular weight is 352 g/mol. The van der Waals surface area contributed by atoms with Crippen LogP contribution in [0.15, 0.2) is 37.2 Å². The molecular formula is C17H19F3N4O. The number of H-pyrrole nitrogens is 1. The lowest BCUT2D eigenvalue weighted by molar-refractivity contribution is -0.205. The van der Waals surface area contributed by atoms with Crippen LogP contribution in [0, 0.1) is 5.92 Å². The molecule has 0 spiro atoms. The lowest BCUT2D eigenvalue weighted by atomic mass is 9.88. The number of likely N-dealkylation sites (tertiary alicyclic amines) is 1. The minimum Gasteiger partial charge on any atom is -0.384 e. The topological polar surface area (TPSA) is 61.0 Å². The molecule has 1 aliphatic rings. The van der Waals surface area contributed by atoms with Gasteiger partial charge in [0, 0.05) is 42.5 Å². The average Bonchev–Trinajstić information content (AvgIpc) is 3.07. The molecule has 2 N–H and O–H groups in total. The number of fused-ring (bicyclic) bond motifs is 1. The lowest BCUT2D eigenvalue weighted by Crippen LogP contribution is -2.56. The summed E-state index contributed by atoms with van der Waals surface area (Å²) in [7, 11) is 0. The van der Waals surface area contributed by atoms with E-state index in [4.69, 9.17) is 0 Å². The molecule has 1 fully saturated rings. The van der Waals surface area contributed by atoms with Crippen molar-refractivity contribution in [3.05, 3.63) is 37.2 Å². The number of pyridine rings is 1. The van der Waals surface area contributed by atoms with Gasteiger partial charge in [0.25, 0.3) is 0 Å². The van der Waals surface area contributed by atoms with Gasteiger partial charge in [0.05, 0.1) is 0 Å². The molecule has 5 nitrogen and oxygen atoms in total. The van der Waals surface area contributed by atoms with Gasteiger partial charge in [-0.25, -0.2) is 4.98 Å². The van der Waals surface area contributed by atoms with Crippen LogP contribution in [-0.4, -0.2) is 46.1 Å². The number of aromatic amines is 1. The van der Waals surface area contributed by atoms with Crippen molar-refractivity contribution < 1.29 is 18.0 Å². The van der Waals surface area contributed by atoms with Crippen molar-refractivity contribution in [2.24, 2.45) is 5.92 Å². The number of hydrogen-bond donors (Lipinski definition) is 2. The van der Waals surface area contributed by atoms with Crippen LogP contribution in [0.25, 0.3) is 11.0 Å². The summed E-state index contributed by atoms with van der Waals surface area (Å²) in [5, 5.41) is 3.92. The molecule has 3 heterocycles. The Morgan fingerprint density at radius 2 is 2.28 bits per heavy atom. The zero-order chi connectivity index (χ0) is 18.0. The molecule has 0 aliphatic carbocycles. The maximum Gasteiger partial charge on any atom is 0.409 e. The van der Waals surface area contributed by atoms with Crippen LogP contribution in [0.4, 0.5) is 18.9 Å². The van der Waals surface area contributed by atoms with Crippen LogP contribution in [0.1, 0.15) is 12.8 Å². The van der Waals surface area contributed by atoms with Crippen molar-refractivity contribution in [1.29, 1.82) is 0 Å². The van der Waals surface area contributed by atoms with Gasteiger partial charge >= 0.3 is 6.18 Å². The minimum absolute atomic E-state index is 0.100. The summed E-state index contributed by atoms with van der Waals surface area (Å²) in [5.41, 5.74) is 1.39. The smallest absolute Gasteiger partial charge is 0.384 e. The van der Waals surface area contributed by atoms with Crippen LogP contribution < -0.4 is 5.32 Å². The monoisotopic (exact) mass is 352 g/mol. The Morgan fingerprint density at radius 1 is 1.48 bits per heavy atom. The normalized spacial score (nSPS) is 21.3. The number of piperidine rings is 1. The van der Waals surface area contributed by atoms with Gasteiger partial charge in [-0.05, 0) is 31.1 Å². The lowest BCUT2D eigenvalue weighted by Gasteiger charge is -2.41. The van der Waals surface area contributed by atoms with E-state index in [-0.39, 0.29) is 13.1 Å². The summed E-state index contributed by atoms with van der Waals surface area (Å²) in [6, 6.07) is 1.75. The second kappa shape index (κ2) is 6.78.